The molecule has 0 spiro atoms. The fraction of sp³-hybridized carbons (Fsp3) is 0.0714. The summed E-state index contributed by atoms with van der Waals surface area (Å²) in [4.78, 5) is 29.7. The van der Waals surface area contributed by atoms with Crippen LogP contribution in [-0.4, -0.2) is 16.8 Å². The molecule has 1 aliphatic heterocycles. The monoisotopic (exact) mass is 346 g/mol. The first-order valence-electron chi connectivity index (χ1n) is 6.18. The lowest BCUT2D eigenvalue weighted by Crippen LogP contribution is -2.31. The molecule has 2 heterocycles. The molecule has 0 saturated carbocycles. The van der Waals surface area contributed by atoms with E-state index in [9.17, 15) is 9.59 Å². The zero-order valence-electron chi connectivity index (χ0n) is 10.8. The molecule has 0 saturated heterocycles. The second-order valence-electron chi connectivity index (χ2n) is 4.55. The number of halogens is 1. The maximum Gasteiger partial charge on any atom is 0.283 e. The highest BCUT2D eigenvalue weighted by Crippen LogP contribution is 2.29. The fourth-order valence-corrected chi connectivity index (χ4v) is 2.59. The number of carbonyl (C=O) groups excluding carboxylic acids is 2. The van der Waals surface area contributed by atoms with E-state index in [4.69, 9.17) is 5.84 Å². The smallest absolute Gasteiger partial charge is 0.283 e. The average Bonchev–Trinajstić information content (AvgIpc) is 2.83. The quantitative estimate of drug-likeness (QED) is 0.491. The Morgan fingerprint density at radius 1 is 1.33 bits per heavy atom. The van der Waals surface area contributed by atoms with E-state index in [0.717, 1.165) is 10.0 Å². The number of anilines is 1. The average molecular weight is 347 g/mol. The van der Waals surface area contributed by atoms with Crippen LogP contribution in [0.5, 0.6) is 0 Å². The minimum Gasteiger partial charge on any atom is -0.289 e. The van der Waals surface area contributed by atoms with Crippen LogP contribution in [0.3, 0.4) is 0 Å². The Bertz CT molecular complexity index is 748. The van der Waals surface area contributed by atoms with Crippen molar-refractivity contribution >= 4 is 33.6 Å². The van der Waals surface area contributed by atoms with Crippen LogP contribution < -0.4 is 16.2 Å². The molecule has 21 heavy (non-hydrogen) atoms. The number of nitrogens with one attached hydrogen (secondary N) is 1. The molecule has 6 nitrogen and oxygen atoms in total. The molecule has 0 unspecified atom stereocenters. The van der Waals surface area contributed by atoms with Gasteiger partial charge in [0, 0.05) is 10.0 Å². The number of hydrogen-bond acceptors (Lipinski definition) is 4. The standard InChI is InChI=1S/C14H11BrN4O2/c15-9-5-4-8-7-19(14(21)10(8)6-9)12-3-1-2-11(17-12)13(20)18-16/h1-6H,7,16H2,(H,18,20). The lowest BCUT2D eigenvalue weighted by atomic mass is 10.1. The van der Waals surface area contributed by atoms with Gasteiger partial charge >= 0.3 is 0 Å². The topological polar surface area (TPSA) is 88.3 Å². The van der Waals surface area contributed by atoms with Gasteiger partial charge in [-0.1, -0.05) is 28.1 Å². The van der Waals surface area contributed by atoms with Crippen molar-refractivity contribution in [2.24, 2.45) is 5.84 Å². The molecule has 0 fully saturated rings. The molecule has 1 aliphatic rings. The van der Waals surface area contributed by atoms with Crippen LogP contribution in [-0.2, 0) is 6.54 Å². The molecule has 0 bridgehead atoms. The molecular formula is C14H11BrN4O2. The third-order valence-electron chi connectivity index (χ3n) is 3.25. The van der Waals surface area contributed by atoms with E-state index >= 15 is 0 Å². The number of nitrogens with zero attached hydrogens (tertiary/aromatic N) is 2. The van der Waals surface area contributed by atoms with Crippen molar-refractivity contribution in [2.75, 3.05) is 4.90 Å². The first-order valence-corrected chi connectivity index (χ1v) is 6.98. The number of hydrogen-bond donors (Lipinski definition) is 2. The highest BCUT2D eigenvalue weighted by Gasteiger charge is 2.29. The number of rotatable bonds is 2. The first kappa shape index (κ1) is 13.7. The number of benzene rings is 1. The summed E-state index contributed by atoms with van der Waals surface area (Å²) in [5, 5.41) is 0. The number of amides is 2. The second-order valence-corrected chi connectivity index (χ2v) is 5.46. The molecule has 3 rings (SSSR count). The van der Waals surface area contributed by atoms with Gasteiger partial charge in [-0.05, 0) is 29.8 Å². The summed E-state index contributed by atoms with van der Waals surface area (Å²) < 4.78 is 0.848. The molecule has 0 aliphatic carbocycles. The maximum absolute atomic E-state index is 12.4. The summed E-state index contributed by atoms with van der Waals surface area (Å²) in [7, 11) is 0. The number of carbonyl (C=O) groups is 2. The van der Waals surface area contributed by atoms with Gasteiger partial charge in [-0.25, -0.2) is 10.8 Å². The Balaban J connectivity index is 1.97. The lowest BCUT2D eigenvalue weighted by Gasteiger charge is -2.15. The van der Waals surface area contributed by atoms with Crippen molar-refractivity contribution in [3.8, 4) is 0 Å². The summed E-state index contributed by atoms with van der Waals surface area (Å²) in [5.74, 6) is 4.89. The number of pyridine rings is 1. The minimum atomic E-state index is -0.497. The summed E-state index contributed by atoms with van der Waals surface area (Å²) in [6.45, 7) is 0.433. The van der Waals surface area contributed by atoms with Gasteiger partial charge in [0.15, 0.2) is 0 Å². The molecule has 106 valence electrons. The van der Waals surface area contributed by atoms with Crippen LogP contribution in [0.2, 0.25) is 0 Å². The van der Waals surface area contributed by atoms with Gasteiger partial charge in [0.25, 0.3) is 11.8 Å². The van der Waals surface area contributed by atoms with E-state index in [1.165, 1.54) is 11.0 Å². The van der Waals surface area contributed by atoms with Crippen LogP contribution >= 0.6 is 15.9 Å². The second kappa shape index (κ2) is 5.27. The van der Waals surface area contributed by atoms with E-state index in [1.54, 1.807) is 18.2 Å². The van der Waals surface area contributed by atoms with Crippen LogP contribution in [0.1, 0.15) is 26.4 Å². The van der Waals surface area contributed by atoms with Crippen molar-refractivity contribution in [1.82, 2.24) is 10.4 Å². The number of nitrogens with two attached hydrogens (primary N) is 1. The van der Waals surface area contributed by atoms with Crippen molar-refractivity contribution in [1.29, 1.82) is 0 Å². The SMILES string of the molecule is NNC(=O)c1cccc(N2Cc3ccc(Br)cc3C2=O)n1. The molecule has 7 heteroatoms. The third kappa shape index (κ3) is 2.41. The van der Waals surface area contributed by atoms with Crippen LogP contribution in [0.15, 0.2) is 40.9 Å². The number of hydrazine groups is 1. The summed E-state index contributed by atoms with van der Waals surface area (Å²) >= 11 is 3.36. The predicted octanol–water partition coefficient (Wildman–Crippen LogP) is 1.61. The zero-order valence-corrected chi connectivity index (χ0v) is 12.4. The Labute approximate surface area is 129 Å². The number of aromatic nitrogens is 1. The number of fused-ring (bicyclic) bond motifs is 1. The first-order chi connectivity index (χ1) is 10.1. The van der Waals surface area contributed by atoms with E-state index in [1.807, 2.05) is 17.6 Å². The van der Waals surface area contributed by atoms with Gasteiger partial charge in [0.2, 0.25) is 0 Å². The van der Waals surface area contributed by atoms with E-state index in [-0.39, 0.29) is 11.6 Å². The van der Waals surface area contributed by atoms with Crippen molar-refractivity contribution < 1.29 is 9.59 Å². The Morgan fingerprint density at radius 3 is 2.90 bits per heavy atom. The Hall–Kier alpha value is -2.25. The van der Waals surface area contributed by atoms with Gasteiger partial charge in [-0.2, -0.15) is 0 Å². The Morgan fingerprint density at radius 2 is 2.14 bits per heavy atom. The minimum absolute atomic E-state index is 0.135. The highest BCUT2D eigenvalue weighted by atomic mass is 79.9. The molecule has 2 amide bonds. The molecule has 1 aromatic heterocycles. The zero-order chi connectivity index (χ0) is 15.0. The van der Waals surface area contributed by atoms with Gasteiger partial charge < -0.3 is 0 Å². The summed E-state index contributed by atoms with van der Waals surface area (Å²) in [5.41, 5.74) is 3.76. The van der Waals surface area contributed by atoms with Gasteiger partial charge in [0.05, 0.1) is 6.54 Å². The highest BCUT2D eigenvalue weighted by molar-refractivity contribution is 9.10. The van der Waals surface area contributed by atoms with E-state index in [0.29, 0.717) is 17.9 Å². The van der Waals surface area contributed by atoms with Crippen molar-refractivity contribution in [3.63, 3.8) is 0 Å². The van der Waals surface area contributed by atoms with Crippen LogP contribution in [0.25, 0.3) is 0 Å². The van der Waals surface area contributed by atoms with Crippen LogP contribution in [0, 0.1) is 0 Å². The lowest BCUT2D eigenvalue weighted by molar-refractivity contribution is 0.0945. The predicted molar refractivity (Wildman–Crippen MR) is 80.5 cm³/mol. The molecule has 2 aromatic rings. The van der Waals surface area contributed by atoms with Gasteiger partial charge in [-0.3, -0.25) is 19.9 Å². The van der Waals surface area contributed by atoms with E-state index in [2.05, 4.69) is 20.9 Å². The van der Waals surface area contributed by atoms with Gasteiger partial charge in [0.1, 0.15) is 11.5 Å². The Kier molecular flexibility index (Phi) is 3.44. The van der Waals surface area contributed by atoms with E-state index < -0.39 is 5.91 Å². The van der Waals surface area contributed by atoms with Gasteiger partial charge in [-0.15, -0.1) is 0 Å². The van der Waals surface area contributed by atoms with Crippen molar-refractivity contribution in [3.05, 3.63) is 57.7 Å². The van der Waals surface area contributed by atoms with Crippen LogP contribution in [0.4, 0.5) is 5.82 Å². The molecular weight excluding hydrogens is 336 g/mol. The molecule has 3 N–H and O–H groups in total. The normalized spacial score (nSPS) is 13.2. The molecule has 0 atom stereocenters. The summed E-state index contributed by atoms with van der Waals surface area (Å²) in [6.07, 6.45) is 0. The fourth-order valence-electron chi connectivity index (χ4n) is 2.23. The maximum atomic E-state index is 12.4. The molecule has 0 radical (unpaired) electrons. The summed E-state index contributed by atoms with van der Waals surface area (Å²) in [6, 6.07) is 10.5. The number of nitrogen functional groups attached to an aromatic ring is 1. The largest absolute Gasteiger partial charge is 0.289 e. The molecule has 1 aromatic carbocycles. The third-order valence-corrected chi connectivity index (χ3v) is 3.74. The van der Waals surface area contributed by atoms with Crippen molar-refractivity contribution in [2.45, 2.75) is 6.54 Å².